The molecule has 6 N–H and O–H groups in total. The summed E-state index contributed by atoms with van der Waals surface area (Å²) in [7, 11) is -9.11. The lowest BCUT2D eigenvalue weighted by atomic mass is 10.0. The molecule has 10 heteroatoms. The van der Waals surface area contributed by atoms with Gasteiger partial charge in [0.1, 0.15) is 9.79 Å². The zero-order chi connectivity index (χ0) is 37.1. The van der Waals surface area contributed by atoms with E-state index in [-0.39, 0.29) is 27.4 Å². The summed E-state index contributed by atoms with van der Waals surface area (Å²) in [4.78, 5) is -0.929. The molecular formula is C42H36N2O6S2. The topological polar surface area (TPSA) is 161 Å². The fraction of sp³-hybridized carbons (Fsp3) is 0. The molecule has 0 aliphatic heterocycles. The van der Waals surface area contributed by atoms with Crippen LogP contribution in [0.1, 0.15) is 33.4 Å². The standard InChI is InChI=1S/C28H22.C14H14N2O6S2/c1-3-7-23(8-4-1)11-13-25-15-19-27(20-16-25)28-21-17-26(18-22-28)14-12-24-9-5-2-6-10-24;15-11-8-7-10(14(13(11)16)24(20,21)22)6-5-9-3-1-2-4-12(9)23(17,18)19/h1-22H;1-8H,15-16H2,(H,17,18,19)(H,20,21,22). The second-order valence-corrected chi connectivity index (χ2v) is 14.3. The first-order valence-corrected chi connectivity index (χ1v) is 18.8. The Labute approximate surface area is 304 Å². The third kappa shape index (κ3) is 10.3. The molecule has 0 bridgehead atoms. The van der Waals surface area contributed by atoms with Crippen LogP contribution in [0.2, 0.25) is 0 Å². The molecule has 8 nitrogen and oxygen atoms in total. The highest BCUT2D eigenvalue weighted by atomic mass is 32.2. The summed E-state index contributed by atoms with van der Waals surface area (Å²) >= 11 is 0. The Bertz CT molecular complexity index is 2350. The molecule has 0 spiro atoms. The summed E-state index contributed by atoms with van der Waals surface area (Å²) in [5.41, 5.74) is 18.2. The molecule has 6 aromatic rings. The minimum atomic E-state index is -4.65. The first-order valence-electron chi connectivity index (χ1n) is 16.0. The monoisotopic (exact) mass is 728 g/mol. The van der Waals surface area contributed by atoms with Gasteiger partial charge in [-0.15, -0.1) is 0 Å². The first-order chi connectivity index (χ1) is 24.9. The van der Waals surface area contributed by atoms with Crippen molar-refractivity contribution in [3.8, 4) is 11.1 Å². The summed E-state index contributed by atoms with van der Waals surface area (Å²) in [5.74, 6) is 0. The maximum Gasteiger partial charge on any atom is 0.297 e. The van der Waals surface area contributed by atoms with Crippen LogP contribution in [-0.2, 0) is 20.2 Å². The fourth-order valence-electron chi connectivity index (χ4n) is 5.17. The predicted molar refractivity (Wildman–Crippen MR) is 213 cm³/mol. The molecule has 0 aliphatic rings. The fourth-order valence-corrected chi connectivity index (χ4v) is 6.68. The van der Waals surface area contributed by atoms with Crippen LogP contribution in [0.5, 0.6) is 0 Å². The molecule has 0 heterocycles. The molecule has 0 saturated carbocycles. The van der Waals surface area contributed by atoms with Crippen LogP contribution in [-0.4, -0.2) is 25.9 Å². The van der Waals surface area contributed by atoms with Gasteiger partial charge in [0.2, 0.25) is 0 Å². The summed E-state index contributed by atoms with van der Waals surface area (Å²) in [6.45, 7) is 0. The number of nitrogens with two attached hydrogens (primary N) is 2. The van der Waals surface area contributed by atoms with Gasteiger partial charge in [0.05, 0.1) is 11.4 Å². The third-order valence-corrected chi connectivity index (χ3v) is 9.75. The van der Waals surface area contributed by atoms with Crippen molar-refractivity contribution in [3.05, 3.63) is 179 Å². The Balaban J connectivity index is 0.000000204. The molecule has 0 fully saturated rings. The van der Waals surface area contributed by atoms with Crippen molar-refractivity contribution in [2.45, 2.75) is 9.79 Å². The minimum Gasteiger partial charge on any atom is -0.397 e. The van der Waals surface area contributed by atoms with Crippen molar-refractivity contribution in [2.24, 2.45) is 0 Å². The third-order valence-electron chi connectivity index (χ3n) is 7.85. The van der Waals surface area contributed by atoms with Crippen LogP contribution in [0.3, 0.4) is 0 Å². The highest BCUT2D eigenvalue weighted by Crippen LogP contribution is 2.30. The van der Waals surface area contributed by atoms with E-state index in [1.54, 1.807) is 0 Å². The number of anilines is 2. The van der Waals surface area contributed by atoms with Gasteiger partial charge >= 0.3 is 0 Å². The van der Waals surface area contributed by atoms with Gasteiger partial charge in [0, 0.05) is 0 Å². The minimum absolute atomic E-state index is 0.00865. The summed E-state index contributed by atoms with van der Waals surface area (Å²) < 4.78 is 64.2. The molecule has 0 unspecified atom stereocenters. The Kier molecular flexibility index (Phi) is 12.0. The lowest BCUT2D eigenvalue weighted by molar-refractivity contribution is 0.481. The lowest BCUT2D eigenvalue weighted by Crippen LogP contribution is -2.08. The largest absolute Gasteiger partial charge is 0.397 e. The summed E-state index contributed by atoms with van der Waals surface area (Å²) in [5, 5.41) is 0. The van der Waals surface area contributed by atoms with E-state index in [9.17, 15) is 25.9 Å². The average molecular weight is 729 g/mol. The number of hydrogen-bond acceptors (Lipinski definition) is 6. The van der Waals surface area contributed by atoms with E-state index in [0.29, 0.717) is 0 Å². The Morgan fingerprint density at radius 1 is 0.404 bits per heavy atom. The molecule has 0 saturated heterocycles. The maximum atomic E-state index is 11.5. The normalized spacial score (nSPS) is 11.9. The number of nitrogen functional groups attached to an aromatic ring is 2. The molecule has 0 aromatic heterocycles. The van der Waals surface area contributed by atoms with Gasteiger partial charge in [0.25, 0.3) is 20.2 Å². The summed E-state index contributed by atoms with van der Waals surface area (Å²) in [6, 6.07) is 46.3. The van der Waals surface area contributed by atoms with Gasteiger partial charge in [0.15, 0.2) is 0 Å². The van der Waals surface area contributed by atoms with Crippen LogP contribution in [0.25, 0.3) is 47.6 Å². The van der Waals surface area contributed by atoms with E-state index in [0.717, 1.165) is 0 Å². The molecule has 0 radical (unpaired) electrons. The molecule has 6 aromatic carbocycles. The van der Waals surface area contributed by atoms with Gasteiger partial charge in [-0.1, -0.05) is 170 Å². The Hall–Kier alpha value is -6.04. The lowest BCUT2D eigenvalue weighted by Gasteiger charge is -2.09. The van der Waals surface area contributed by atoms with Crippen LogP contribution in [0.4, 0.5) is 11.4 Å². The van der Waals surface area contributed by atoms with E-state index in [1.165, 1.54) is 81.9 Å². The van der Waals surface area contributed by atoms with Crippen LogP contribution < -0.4 is 11.5 Å². The quantitative estimate of drug-likeness (QED) is 0.0651. The molecule has 262 valence electrons. The zero-order valence-electron chi connectivity index (χ0n) is 27.8. The smallest absolute Gasteiger partial charge is 0.297 e. The van der Waals surface area contributed by atoms with E-state index < -0.39 is 25.1 Å². The van der Waals surface area contributed by atoms with Crippen molar-refractivity contribution in [1.29, 1.82) is 0 Å². The molecule has 6 rings (SSSR count). The van der Waals surface area contributed by atoms with Crippen molar-refractivity contribution < 1.29 is 25.9 Å². The van der Waals surface area contributed by atoms with Crippen molar-refractivity contribution in [2.75, 3.05) is 11.5 Å². The SMILES string of the molecule is C(=Cc1ccc(-c2ccc(C=Cc3ccccc3)cc2)cc1)c1ccccc1.Nc1ccc(C=Cc2ccccc2S(=O)(=O)O)c(S(=O)(=O)O)c1N. The van der Waals surface area contributed by atoms with E-state index in [1.807, 2.05) is 12.1 Å². The number of benzene rings is 6. The zero-order valence-corrected chi connectivity index (χ0v) is 29.5. The number of rotatable bonds is 9. The molecular weight excluding hydrogens is 693 g/mol. The van der Waals surface area contributed by atoms with Crippen LogP contribution in [0, 0.1) is 0 Å². The first kappa shape index (κ1) is 37.2. The molecule has 0 aliphatic carbocycles. The van der Waals surface area contributed by atoms with Gasteiger partial charge in [-0.25, -0.2) is 0 Å². The maximum absolute atomic E-state index is 11.5. The highest BCUT2D eigenvalue weighted by Gasteiger charge is 2.20. The Morgan fingerprint density at radius 2 is 0.808 bits per heavy atom. The molecule has 52 heavy (non-hydrogen) atoms. The van der Waals surface area contributed by atoms with Crippen LogP contribution >= 0.6 is 0 Å². The average Bonchev–Trinajstić information content (AvgIpc) is 3.14. The second kappa shape index (κ2) is 16.8. The predicted octanol–water partition coefficient (Wildman–Crippen LogP) is 9.21. The van der Waals surface area contributed by atoms with Gasteiger partial charge in [-0.3, -0.25) is 9.11 Å². The summed E-state index contributed by atoms with van der Waals surface area (Å²) in [6.07, 6.45) is 11.1. The van der Waals surface area contributed by atoms with Crippen molar-refractivity contribution >= 4 is 68.1 Å². The van der Waals surface area contributed by atoms with Gasteiger partial charge in [-0.2, -0.15) is 16.8 Å². The van der Waals surface area contributed by atoms with E-state index >= 15 is 0 Å². The highest BCUT2D eigenvalue weighted by molar-refractivity contribution is 7.86. The number of hydrogen-bond donors (Lipinski definition) is 4. The van der Waals surface area contributed by atoms with Crippen molar-refractivity contribution in [3.63, 3.8) is 0 Å². The molecule has 0 atom stereocenters. The van der Waals surface area contributed by atoms with Gasteiger partial charge < -0.3 is 11.5 Å². The van der Waals surface area contributed by atoms with E-state index in [2.05, 4.69) is 121 Å². The second-order valence-electron chi connectivity index (χ2n) is 11.5. The van der Waals surface area contributed by atoms with Crippen LogP contribution in [0.15, 0.2) is 155 Å². The Morgan fingerprint density at radius 3 is 1.25 bits per heavy atom. The van der Waals surface area contributed by atoms with Crippen molar-refractivity contribution in [1.82, 2.24) is 0 Å². The van der Waals surface area contributed by atoms with E-state index in [4.69, 9.17) is 11.5 Å². The van der Waals surface area contributed by atoms with Gasteiger partial charge in [-0.05, 0) is 56.6 Å². The molecule has 0 amide bonds.